The molecule has 0 saturated carbocycles. The Morgan fingerprint density at radius 1 is 1.30 bits per heavy atom. The highest BCUT2D eigenvalue weighted by Crippen LogP contribution is 2.27. The van der Waals surface area contributed by atoms with Crippen LogP contribution in [0.2, 0.25) is 0 Å². The van der Waals surface area contributed by atoms with Gasteiger partial charge in [0.05, 0.1) is 6.04 Å². The summed E-state index contributed by atoms with van der Waals surface area (Å²) in [6.45, 7) is 6.70. The van der Waals surface area contributed by atoms with Crippen LogP contribution in [-0.2, 0) is 12.8 Å². The lowest BCUT2D eigenvalue weighted by Gasteiger charge is -2.29. The Balaban J connectivity index is 2.34. The van der Waals surface area contributed by atoms with Crippen LogP contribution in [0.4, 0.5) is 5.69 Å². The van der Waals surface area contributed by atoms with Crippen molar-refractivity contribution in [2.45, 2.75) is 39.7 Å². The summed E-state index contributed by atoms with van der Waals surface area (Å²) in [5.41, 5.74) is 3.98. The Bertz CT molecular complexity index is 526. The molecule has 1 aliphatic rings. The highest BCUT2D eigenvalue weighted by Gasteiger charge is 2.16. The highest BCUT2D eigenvalue weighted by atomic mass is 15.1. The van der Waals surface area contributed by atoms with Crippen LogP contribution in [0.3, 0.4) is 0 Å². The van der Waals surface area contributed by atoms with Crippen LogP contribution in [0, 0.1) is 11.3 Å². The molecule has 1 aromatic carbocycles. The van der Waals surface area contributed by atoms with Crippen LogP contribution in [0.5, 0.6) is 0 Å². The zero-order valence-corrected chi connectivity index (χ0v) is 12.6. The molecule has 1 heterocycles. The first kappa shape index (κ1) is 14.6. The highest BCUT2D eigenvalue weighted by molar-refractivity contribution is 5.74. The smallest absolute Gasteiger partial charge is 0.0867 e. The second-order valence-corrected chi connectivity index (χ2v) is 5.71. The molecule has 0 bridgehead atoms. The summed E-state index contributed by atoms with van der Waals surface area (Å²) in [5.74, 6) is 0.678. The summed E-state index contributed by atoms with van der Waals surface area (Å²) in [7, 11) is 0. The molecule has 0 saturated heterocycles. The van der Waals surface area contributed by atoms with Gasteiger partial charge in [-0.05, 0) is 42.0 Å². The van der Waals surface area contributed by atoms with E-state index in [1.165, 1.54) is 23.0 Å². The maximum absolute atomic E-state index is 7.59. The number of aryl methyl sites for hydroxylation is 1. The lowest BCUT2D eigenvalue weighted by Crippen LogP contribution is -2.32. The monoisotopic (exact) mass is 268 g/mol. The van der Waals surface area contributed by atoms with Gasteiger partial charge in [-0.1, -0.05) is 45.1 Å². The molecule has 2 rings (SSSR count). The van der Waals surface area contributed by atoms with Gasteiger partial charge in [0.15, 0.2) is 0 Å². The zero-order chi connectivity index (χ0) is 14.5. The van der Waals surface area contributed by atoms with Gasteiger partial charge in [0, 0.05) is 18.1 Å². The Kier molecular flexibility index (Phi) is 4.78. The fraction of sp³-hybridized carbons (Fsp3) is 0.389. The lowest BCUT2D eigenvalue weighted by molar-refractivity contribution is 0.646. The minimum atomic E-state index is 0.0289. The third-order valence-corrected chi connectivity index (χ3v) is 3.60. The van der Waals surface area contributed by atoms with Crippen molar-refractivity contribution >= 4 is 11.9 Å². The summed E-state index contributed by atoms with van der Waals surface area (Å²) in [6.07, 6.45) is 11.8. The minimum Gasteiger partial charge on any atom is -0.336 e. The molecule has 0 amide bonds. The van der Waals surface area contributed by atoms with E-state index in [0.717, 1.165) is 12.8 Å². The predicted molar refractivity (Wildman–Crippen MR) is 87.7 cm³/mol. The molecule has 2 nitrogen and oxygen atoms in total. The van der Waals surface area contributed by atoms with Crippen molar-refractivity contribution in [1.29, 1.82) is 5.41 Å². The summed E-state index contributed by atoms with van der Waals surface area (Å²) < 4.78 is 0. The third-order valence-electron chi connectivity index (χ3n) is 3.60. The van der Waals surface area contributed by atoms with Crippen molar-refractivity contribution in [3.05, 3.63) is 53.8 Å². The summed E-state index contributed by atoms with van der Waals surface area (Å²) in [4.78, 5) is 2.17. The van der Waals surface area contributed by atoms with Crippen molar-refractivity contribution in [2.75, 3.05) is 4.90 Å². The molecule has 1 aromatic rings. The van der Waals surface area contributed by atoms with Gasteiger partial charge >= 0.3 is 0 Å². The van der Waals surface area contributed by atoms with E-state index >= 15 is 0 Å². The fourth-order valence-electron chi connectivity index (χ4n) is 2.66. The fourth-order valence-corrected chi connectivity index (χ4v) is 2.66. The summed E-state index contributed by atoms with van der Waals surface area (Å²) in [6, 6.07) is 6.78. The van der Waals surface area contributed by atoms with Crippen LogP contribution < -0.4 is 4.90 Å². The van der Waals surface area contributed by atoms with E-state index in [2.05, 4.69) is 56.1 Å². The Hall–Kier alpha value is -1.83. The molecule has 20 heavy (non-hydrogen) atoms. The van der Waals surface area contributed by atoms with Crippen molar-refractivity contribution in [2.24, 2.45) is 5.92 Å². The van der Waals surface area contributed by atoms with E-state index in [1.807, 2.05) is 12.2 Å². The molecule has 0 aliphatic carbocycles. The Labute approximate surface area is 122 Å². The Morgan fingerprint density at radius 2 is 2.10 bits per heavy atom. The maximum atomic E-state index is 7.59. The third kappa shape index (κ3) is 3.19. The number of rotatable bonds is 5. The molecule has 0 spiro atoms. The Morgan fingerprint density at radius 3 is 2.75 bits per heavy atom. The maximum Gasteiger partial charge on any atom is 0.0867 e. The summed E-state index contributed by atoms with van der Waals surface area (Å²) >= 11 is 0. The molecule has 1 N–H and O–H groups in total. The first-order valence-corrected chi connectivity index (χ1v) is 7.41. The second-order valence-electron chi connectivity index (χ2n) is 5.71. The van der Waals surface area contributed by atoms with E-state index < -0.39 is 0 Å². The van der Waals surface area contributed by atoms with E-state index in [-0.39, 0.29) is 6.04 Å². The van der Waals surface area contributed by atoms with Crippen LogP contribution in [0.15, 0.2) is 42.6 Å². The number of benzene rings is 1. The first-order valence-electron chi connectivity index (χ1n) is 7.41. The molecule has 0 aromatic heterocycles. The van der Waals surface area contributed by atoms with Crippen LogP contribution >= 0.6 is 0 Å². The number of hydrogen-bond donors (Lipinski definition) is 1. The van der Waals surface area contributed by atoms with Gasteiger partial charge in [-0.2, -0.15) is 0 Å². The standard InChI is InChI=1S/C18H24N2/c1-4-16-12-15(11-14(2)3)8-9-18(16)20-10-6-5-7-17(20)13-19/h5-10,12-14,17,19H,4,11H2,1-3H3. The topological polar surface area (TPSA) is 27.1 Å². The molecular weight excluding hydrogens is 244 g/mol. The molecule has 0 fully saturated rings. The number of allylic oxidation sites excluding steroid dienone is 2. The van der Waals surface area contributed by atoms with Gasteiger partial charge in [-0.25, -0.2) is 0 Å². The molecule has 1 aliphatic heterocycles. The minimum absolute atomic E-state index is 0.0289. The number of hydrogen-bond acceptors (Lipinski definition) is 2. The number of nitrogens with one attached hydrogen (secondary N) is 1. The second kappa shape index (κ2) is 6.56. The summed E-state index contributed by atoms with van der Waals surface area (Å²) in [5, 5.41) is 7.59. The molecular formula is C18H24N2. The van der Waals surface area contributed by atoms with Gasteiger partial charge in [-0.3, -0.25) is 0 Å². The quantitative estimate of drug-likeness (QED) is 0.789. The molecule has 1 atom stereocenters. The van der Waals surface area contributed by atoms with Gasteiger partial charge in [-0.15, -0.1) is 0 Å². The van der Waals surface area contributed by atoms with Crippen molar-refractivity contribution < 1.29 is 0 Å². The average Bonchev–Trinajstić information content (AvgIpc) is 2.46. The number of anilines is 1. The van der Waals surface area contributed by atoms with Gasteiger partial charge in [0.2, 0.25) is 0 Å². The average molecular weight is 268 g/mol. The van der Waals surface area contributed by atoms with Crippen LogP contribution in [-0.4, -0.2) is 12.3 Å². The van der Waals surface area contributed by atoms with Crippen LogP contribution in [0.25, 0.3) is 0 Å². The van der Waals surface area contributed by atoms with Gasteiger partial charge in [0.25, 0.3) is 0 Å². The van der Waals surface area contributed by atoms with E-state index in [9.17, 15) is 0 Å². The van der Waals surface area contributed by atoms with E-state index in [1.54, 1.807) is 0 Å². The molecule has 1 unspecified atom stereocenters. The van der Waals surface area contributed by atoms with Crippen molar-refractivity contribution in [3.8, 4) is 0 Å². The van der Waals surface area contributed by atoms with E-state index in [4.69, 9.17) is 5.41 Å². The zero-order valence-electron chi connectivity index (χ0n) is 12.6. The van der Waals surface area contributed by atoms with E-state index in [0.29, 0.717) is 5.92 Å². The van der Waals surface area contributed by atoms with Crippen molar-refractivity contribution in [1.82, 2.24) is 0 Å². The lowest BCUT2D eigenvalue weighted by atomic mass is 9.98. The SMILES string of the molecule is CCc1cc(CC(C)C)ccc1N1C=CC=CC1C=N. The number of nitrogens with zero attached hydrogens (tertiary/aromatic N) is 1. The molecule has 2 heteroatoms. The molecule has 106 valence electrons. The largest absolute Gasteiger partial charge is 0.336 e. The molecule has 0 radical (unpaired) electrons. The van der Waals surface area contributed by atoms with Gasteiger partial charge < -0.3 is 10.3 Å². The van der Waals surface area contributed by atoms with Gasteiger partial charge in [0.1, 0.15) is 0 Å². The van der Waals surface area contributed by atoms with Crippen molar-refractivity contribution in [3.63, 3.8) is 0 Å². The normalized spacial score (nSPS) is 17.8. The predicted octanol–water partition coefficient (Wildman–Crippen LogP) is 4.36. The van der Waals surface area contributed by atoms with Crippen LogP contribution in [0.1, 0.15) is 31.9 Å². The first-order chi connectivity index (χ1) is 9.65.